The summed E-state index contributed by atoms with van der Waals surface area (Å²) < 4.78 is 27.1. The molecule has 23 heavy (non-hydrogen) atoms. The van der Waals surface area contributed by atoms with E-state index < -0.39 is 28.9 Å². The van der Waals surface area contributed by atoms with Crippen molar-refractivity contribution < 1.29 is 13.6 Å². The van der Waals surface area contributed by atoms with Crippen molar-refractivity contribution in [2.45, 2.75) is 19.4 Å². The molecule has 0 atom stereocenters. The van der Waals surface area contributed by atoms with Crippen LogP contribution >= 0.6 is 23.2 Å². The molecule has 0 aliphatic carbocycles. The predicted molar refractivity (Wildman–Crippen MR) is 88.0 cm³/mol. The Kier molecular flexibility index (Phi) is 5.12. The lowest BCUT2D eigenvalue weighted by atomic mass is 9.94. The van der Waals surface area contributed by atoms with Gasteiger partial charge in [0.15, 0.2) is 0 Å². The van der Waals surface area contributed by atoms with Crippen LogP contribution in [0.2, 0.25) is 10.0 Å². The topological polar surface area (TPSA) is 41.1 Å². The molecule has 0 bridgehead atoms. The van der Waals surface area contributed by atoms with E-state index in [0.29, 0.717) is 15.6 Å². The number of carbonyl (C=O) groups is 1. The summed E-state index contributed by atoms with van der Waals surface area (Å²) in [6.07, 6.45) is 0. The molecule has 7 heteroatoms. The van der Waals surface area contributed by atoms with E-state index in [2.05, 4.69) is 10.6 Å². The Morgan fingerprint density at radius 3 is 2.09 bits per heavy atom. The number of anilines is 1. The molecular formula is C16H14Cl2F2N2O. The van der Waals surface area contributed by atoms with Gasteiger partial charge in [0.05, 0.1) is 5.54 Å². The molecule has 0 aromatic heterocycles. The number of carbonyl (C=O) groups excluding carboxylic acids is 1. The lowest BCUT2D eigenvalue weighted by molar-refractivity contribution is 0.241. The minimum Gasteiger partial charge on any atom is -0.329 e. The van der Waals surface area contributed by atoms with Crippen LogP contribution in [-0.4, -0.2) is 6.03 Å². The monoisotopic (exact) mass is 358 g/mol. The number of rotatable bonds is 3. The highest BCUT2D eigenvalue weighted by Crippen LogP contribution is 2.27. The van der Waals surface area contributed by atoms with Crippen molar-refractivity contribution in [1.82, 2.24) is 5.32 Å². The second-order valence-corrected chi connectivity index (χ2v) is 6.33. The summed E-state index contributed by atoms with van der Waals surface area (Å²) in [5.74, 6) is -1.72. The van der Waals surface area contributed by atoms with Gasteiger partial charge in [-0.2, -0.15) is 0 Å². The van der Waals surface area contributed by atoms with Crippen molar-refractivity contribution in [3.8, 4) is 0 Å². The maximum atomic E-state index is 13.6. The maximum absolute atomic E-state index is 13.6. The molecule has 122 valence electrons. The summed E-state index contributed by atoms with van der Waals surface area (Å²) in [7, 11) is 0. The fourth-order valence-corrected chi connectivity index (χ4v) is 2.56. The first-order chi connectivity index (χ1) is 10.7. The summed E-state index contributed by atoms with van der Waals surface area (Å²) >= 11 is 11.9. The SMILES string of the molecule is CC(C)(NC(=O)Nc1c(F)cccc1F)c1cc(Cl)cc(Cl)c1. The first kappa shape index (κ1) is 17.5. The maximum Gasteiger partial charge on any atom is 0.320 e. The first-order valence-electron chi connectivity index (χ1n) is 6.69. The van der Waals surface area contributed by atoms with Crippen LogP contribution in [-0.2, 0) is 5.54 Å². The van der Waals surface area contributed by atoms with Gasteiger partial charge in [-0.25, -0.2) is 13.6 Å². The smallest absolute Gasteiger partial charge is 0.320 e. The van der Waals surface area contributed by atoms with Crippen molar-refractivity contribution in [2.24, 2.45) is 0 Å². The normalized spacial score (nSPS) is 11.2. The number of halogens is 4. The Morgan fingerprint density at radius 1 is 1.04 bits per heavy atom. The molecule has 0 saturated carbocycles. The largest absolute Gasteiger partial charge is 0.329 e. The van der Waals surface area contributed by atoms with Gasteiger partial charge >= 0.3 is 6.03 Å². The van der Waals surface area contributed by atoms with E-state index in [4.69, 9.17) is 23.2 Å². The van der Waals surface area contributed by atoms with Gasteiger partial charge in [0, 0.05) is 10.0 Å². The number of amides is 2. The average molecular weight is 359 g/mol. The van der Waals surface area contributed by atoms with Gasteiger partial charge in [0.25, 0.3) is 0 Å². The van der Waals surface area contributed by atoms with Crippen LogP contribution in [0.25, 0.3) is 0 Å². The highest BCUT2D eigenvalue weighted by Gasteiger charge is 2.24. The van der Waals surface area contributed by atoms with E-state index in [9.17, 15) is 13.6 Å². The fraction of sp³-hybridized carbons (Fsp3) is 0.188. The third-order valence-electron chi connectivity index (χ3n) is 3.21. The Labute approximate surface area is 142 Å². The van der Waals surface area contributed by atoms with E-state index in [1.165, 1.54) is 6.07 Å². The minimum absolute atomic E-state index is 0.419. The van der Waals surface area contributed by atoms with Gasteiger partial charge in [-0.3, -0.25) is 0 Å². The number of hydrogen-bond acceptors (Lipinski definition) is 1. The zero-order chi connectivity index (χ0) is 17.2. The quantitative estimate of drug-likeness (QED) is 0.764. The van der Waals surface area contributed by atoms with Crippen LogP contribution in [0.4, 0.5) is 19.3 Å². The van der Waals surface area contributed by atoms with Crippen LogP contribution < -0.4 is 10.6 Å². The predicted octanol–water partition coefficient (Wildman–Crippen LogP) is 5.33. The zero-order valence-electron chi connectivity index (χ0n) is 12.4. The summed E-state index contributed by atoms with van der Waals surface area (Å²) in [5, 5.41) is 5.64. The molecule has 0 fully saturated rings. The lowest BCUT2D eigenvalue weighted by Gasteiger charge is -2.27. The number of hydrogen-bond donors (Lipinski definition) is 2. The highest BCUT2D eigenvalue weighted by molar-refractivity contribution is 6.34. The summed E-state index contributed by atoms with van der Waals surface area (Å²) in [4.78, 5) is 12.1. The summed E-state index contributed by atoms with van der Waals surface area (Å²) in [5.41, 5.74) is -0.718. The van der Waals surface area contributed by atoms with Gasteiger partial charge in [0.2, 0.25) is 0 Å². The van der Waals surface area contributed by atoms with Gasteiger partial charge < -0.3 is 10.6 Å². The molecule has 0 aliphatic heterocycles. The van der Waals surface area contributed by atoms with Gasteiger partial charge in [-0.05, 0) is 49.7 Å². The molecule has 0 radical (unpaired) electrons. The third kappa shape index (κ3) is 4.33. The number of benzene rings is 2. The molecule has 0 saturated heterocycles. The minimum atomic E-state index is -0.861. The van der Waals surface area contributed by atoms with E-state index in [1.807, 2.05) is 0 Å². The van der Waals surface area contributed by atoms with E-state index in [0.717, 1.165) is 12.1 Å². The Balaban J connectivity index is 2.18. The van der Waals surface area contributed by atoms with Crippen LogP contribution in [0.15, 0.2) is 36.4 Å². The molecular weight excluding hydrogens is 345 g/mol. The number of para-hydroxylation sites is 1. The molecule has 2 N–H and O–H groups in total. The Hall–Kier alpha value is -1.85. The van der Waals surface area contributed by atoms with Crippen LogP contribution in [0.1, 0.15) is 19.4 Å². The summed E-state index contributed by atoms with van der Waals surface area (Å²) in [6, 6.07) is 7.44. The van der Waals surface area contributed by atoms with Crippen LogP contribution in [0.5, 0.6) is 0 Å². The number of nitrogens with one attached hydrogen (secondary N) is 2. The standard InChI is InChI=1S/C16H14Cl2F2N2O/c1-16(2,9-6-10(17)8-11(18)7-9)22-15(23)21-14-12(19)4-3-5-13(14)20/h3-8H,1-2H3,(H2,21,22,23). The highest BCUT2D eigenvalue weighted by atomic mass is 35.5. The van der Waals surface area contributed by atoms with Gasteiger partial charge in [0.1, 0.15) is 17.3 Å². The Bertz CT molecular complexity index is 710. The molecule has 0 spiro atoms. The van der Waals surface area contributed by atoms with Gasteiger partial charge in [-0.1, -0.05) is 29.3 Å². The number of urea groups is 1. The van der Waals surface area contributed by atoms with E-state index in [-0.39, 0.29) is 0 Å². The second kappa shape index (κ2) is 6.72. The van der Waals surface area contributed by atoms with Crippen molar-refractivity contribution in [1.29, 1.82) is 0 Å². The molecule has 2 rings (SSSR count). The molecule has 0 heterocycles. The third-order valence-corrected chi connectivity index (χ3v) is 3.65. The molecule has 2 amide bonds. The van der Waals surface area contributed by atoms with Crippen molar-refractivity contribution in [2.75, 3.05) is 5.32 Å². The van der Waals surface area contributed by atoms with E-state index in [1.54, 1.807) is 32.0 Å². The Morgan fingerprint density at radius 2 is 1.57 bits per heavy atom. The van der Waals surface area contributed by atoms with Crippen molar-refractivity contribution in [3.05, 3.63) is 63.6 Å². The summed E-state index contributed by atoms with van der Waals surface area (Å²) in [6.45, 7) is 3.43. The van der Waals surface area contributed by atoms with Crippen LogP contribution in [0.3, 0.4) is 0 Å². The second-order valence-electron chi connectivity index (χ2n) is 5.46. The first-order valence-corrected chi connectivity index (χ1v) is 7.44. The lowest BCUT2D eigenvalue weighted by Crippen LogP contribution is -2.43. The molecule has 2 aromatic carbocycles. The molecule has 3 nitrogen and oxygen atoms in total. The zero-order valence-corrected chi connectivity index (χ0v) is 13.9. The van der Waals surface area contributed by atoms with Crippen LogP contribution in [0, 0.1) is 11.6 Å². The van der Waals surface area contributed by atoms with Crippen molar-refractivity contribution >= 4 is 34.9 Å². The van der Waals surface area contributed by atoms with Gasteiger partial charge in [-0.15, -0.1) is 0 Å². The fourth-order valence-electron chi connectivity index (χ4n) is 2.03. The average Bonchev–Trinajstić information content (AvgIpc) is 2.41. The van der Waals surface area contributed by atoms with Crippen molar-refractivity contribution in [3.63, 3.8) is 0 Å². The molecule has 0 unspecified atom stereocenters. The van der Waals surface area contributed by atoms with E-state index >= 15 is 0 Å². The molecule has 2 aromatic rings. The molecule has 0 aliphatic rings.